The Kier molecular flexibility index (Phi) is 7.44. The fraction of sp³-hybridized carbons (Fsp3) is 0. The fourth-order valence-electron chi connectivity index (χ4n) is 8.94. The Morgan fingerprint density at radius 2 is 0.948 bits per heavy atom. The van der Waals surface area contributed by atoms with E-state index in [9.17, 15) is 0 Å². The molecular formula is C55H33NOS. The van der Waals surface area contributed by atoms with Crippen molar-refractivity contribution in [3.05, 3.63) is 200 Å². The maximum atomic E-state index is 6.82. The van der Waals surface area contributed by atoms with Gasteiger partial charge < -0.3 is 4.42 Å². The summed E-state index contributed by atoms with van der Waals surface area (Å²) in [6.45, 7) is 0. The normalized spacial score (nSPS) is 11.8. The number of hydrogen-bond acceptors (Lipinski definition) is 3. The minimum Gasteiger partial charge on any atom is -0.455 e. The van der Waals surface area contributed by atoms with Gasteiger partial charge in [0, 0.05) is 64.6 Å². The lowest BCUT2D eigenvalue weighted by molar-refractivity contribution is 0.670. The van der Waals surface area contributed by atoms with Crippen LogP contribution in [0.25, 0.3) is 119 Å². The highest BCUT2D eigenvalue weighted by Crippen LogP contribution is 2.48. The maximum Gasteiger partial charge on any atom is 0.143 e. The van der Waals surface area contributed by atoms with E-state index in [2.05, 4.69) is 188 Å². The molecule has 0 saturated carbocycles. The number of aromatic nitrogens is 1. The van der Waals surface area contributed by atoms with E-state index >= 15 is 0 Å². The first kappa shape index (κ1) is 32.9. The highest BCUT2D eigenvalue weighted by Gasteiger charge is 2.20. The number of para-hydroxylation sites is 1. The topological polar surface area (TPSA) is 26.0 Å². The fourth-order valence-corrected chi connectivity index (χ4v) is 10.3. The molecule has 58 heavy (non-hydrogen) atoms. The third-order valence-corrected chi connectivity index (χ3v) is 13.0. The quantitative estimate of drug-likeness (QED) is 0.164. The van der Waals surface area contributed by atoms with Crippen molar-refractivity contribution in [3.63, 3.8) is 0 Å². The molecule has 0 N–H and O–H groups in total. The average molecular weight is 756 g/mol. The molecule has 3 aromatic heterocycles. The molecule has 0 radical (unpaired) electrons. The third kappa shape index (κ3) is 5.21. The number of rotatable bonds is 5. The van der Waals surface area contributed by atoms with Crippen LogP contribution in [0, 0.1) is 0 Å². The van der Waals surface area contributed by atoms with Crippen LogP contribution >= 0.6 is 11.3 Å². The van der Waals surface area contributed by atoms with Crippen LogP contribution in [0.1, 0.15) is 0 Å². The molecule has 12 aromatic rings. The van der Waals surface area contributed by atoms with E-state index in [0.717, 1.165) is 54.7 Å². The predicted molar refractivity (Wildman–Crippen MR) is 247 cm³/mol. The summed E-state index contributed by atoms with van der Waals surface area (Å²) in [5.74, 6) is 0. The van der Waals surface area contributed by atoms with Crippen LogP contribution in [0.5, 0.6) is 0 Å². The van der Waals surface area contributed by atoms with Crippen molar-refractivity contribution in [2.45, 2.75) is 0 Å². The molecule has 0 atom stereocenters. The molecule has 0 saturated heterocycles. The summed E-state index contributed by atoms with van der Waals surface area (Å²) in [5.41, 5.74) is 14.7. The van der Waals surface area contributed by atoms with Gasteiger partial charge in [0.05, 0.1) is 5.52 Å². The zero-order valence-corrected chi connectivity index (χ0v) is 32.1. The molecule has 12 rings (SSSR count). The van der Waals surface area contributed by atoms with E-state index < -0.39 is 0 Å². The highest BCUT2D eigenvalue weighted by molar-refractivity contribution is 7.27. The van der Waals surface area contributed by atoms with Crippen LogP contribution in [0.4, 0.5) is 0 Å². The van der Waals surface area contributed by atoms with Crippen LogP contribution in [-0.4, -0.2) is 4.98 Å². The SMILES string of the molecule is c1ccc(-c2cc(-c3ccccc3)c3sc4c(-c5ccc6oc7c(-c8cccc9ccc%10cccnc%10c89)cccc7c6c5)cc(-c5ccccc5)cc4c3c2)cc1. The molecule has 270 valence electrons. The number of furan rings is 1. The van der Waals surface area contributed by atoms with E-state index in [1.807, 2.05) is 23.6 Å². The Morgan fingerprint density at radius 1 is 0.362 bits per heavy atom. The lowest BCUT2D eigenvalue weighted by atomic mass is 9.92. The van der Waals surface area contributed by atoms with Gasteiger partial charge in [-0.2, -0.15) is 0 Å². The van der Waals surface area contributed by atoms with Gasteiger partial charge >= 0.3 is 0 Å². The number of benzene rings is 9. The van der Waals surface area contributed by atoms with Gasteiger partial charge in [-0.15, -0.1) is 11.3 Å². The Bertz CT molecular complexity index is 3550. The van der Waals surface area contributed by atoms with Gasteiger partial charge in [0.25, 0.3) is 0 Å². The first-order chi connectivity index (χ1) is 28.7. The summed E-state index contributed by atoms with van der Waals surface area (Å²) >= 11 is 1.90. The Balaban J connectivity index is 1.11. The van der Waals surface area contributed by atoms with Gasteiger partial charge in [-0.05, 0) is 86.8 Å². The van der Waals surface area contributed by atoms with E-state index in [0.29, 0.717) is 0 Å². The molecule has 0 aliphatic carbocycles. The van der Waals surface area contributed by atoms with Crippen LogP contribution in [0.3, 0.4) is 0 Å². The zero-order valence-electron chi connectivity index (χ0n) is 31.3. The minimum absolute atomic E-state index is 0.875. The molecule has 0 unspecified atom stereocenters. The van der Waals surface area contributed by atoms with Gasteiger partial charge in [0.15, 0.2) is 0 Å². The van der Waals surface area contributed by atoms with E-state index in [1.165, 1.54) is 64.7 Å². The Hall–Kier alpha value is -7.33. The predicted octanol–water partition coefficient (Wildman–Crippen LogP) is 16.0. The van der Waals surface area contributed by atoms with E-state index in [4.69, 9.17) is 9.40 Å². The Morgan fingerprint density at radius 3 is 1.66 bits per heavy atom. The van der Waals surface area contributed by atoms with Crippen molar-refractivity contribution < 1.29 is 4.42 Å². The summed E-state index contributed by atoms with van der Waals surface area (Å²) in [6, 6.07) is 70.2. The molecule has 0 fully saturated rings. The largest absolute Gasteiger partial charge is 0.455 e. The van der Waals surface area contributed by atoms with Gasteiger partial charge in [0.1, 0.15) is 11.2 Å². The molecule has 3 heteroatoms. The molecule has 0 amide bonds. The second kappa shape index (κ2) is 13.1. The van der Waals surface area contributed by atoms with Crippen molar-refractivity contribution in [1.82, 2.24) is 4.98 Å². The van der Waals surface area contributed by atoms with Crippen molar-refractivity contribution >= 4 is 75.1 Å². The van der Waals surface area contributed by atoms with E-state index in [1.54, 1.807) is 0 Å². The van der Waals surface area contributed by atoms with Crippen LogP contribution in [0.2, 0.25) is 0 Å². The molecule has 9 aromatic carbocycles. The zero-order chi connectivity index (χ0) is 38.2. The average Bonchev–Trinajstić information content (AvgIpc) is 3.87. The van der Waals surface area contributed by atoms with Gasteiger partial charge in [-0.25, -0.2) is 0 Å². The standard InChI is InChI=1S/C55H33NOS/c1-4-13-34(14-5-1)40-30-45(36-17-8-3-9-18-36)54-48(32-40)49-33-41(35-15-6-2-7-16-35)31-46(55(49)58-54)39-26-27-50-47(29-39)44-23-11-22-43(53(44)57-50)42-21-10-19-37-24-25-38-20-12-28-56-52(38)51(37)42/h1-33H. The summed E-state index contributed by atoms with van der Waals surface area (Å²) in [6.07, 6.45) is 1.88. The molecular weight excluding hydrogens is 723 g/mol. The highest BCUT2D eigenvalue weighted by atomic mass is 32.1. The van der Waals surface area contributed by atoms with Crippen molar-refractivity contribution in [3.8, 4) is 55.6 Å². The molecule has 0 aliphatic rings. The molecule has 2 nitrogen and oxygen atoms in total. The smallest absolute Gasteiger partial charge is 0.143 e. The number of fused-ring (bicyclic) bond motifs is 9. The summed E-state index contributed by atoms with van der Waals surface area (Å²) in [7, 11) is 0. The number of nitrogens with zero attached hydrogens (tertiary/aromatic N) is 1. The second-order valence-electron chi connectivity index (χ2n) is 15.0. The first-order valence-electron chi connectivity index (χ1n) is 19.7. The third-order valence-electron chi connectivity index (χ3n) is 11.7. The van der Waals surface area contributed by atoms with Crippen LogP contribution in [0.15, 0.2) is 205 Å². The van der Waals surface area contributed by atoms with Crippen LogP contribution in [-0.2, 0) is 0 Å². The van der Waals surface area contributed by atoms with E-state index in [-0.39, 0.29) is 0 Å². The van der Waals surface area contributed by atoms with Crippen molar-refractivity contribution in [2.75, 3.05) is 0 Å². The summed E-state index contributed by atoms with van der Waals surface area (Å²) in [5, 5.41) is 8.18. The van der Waals surface area contributed by atoms with Crippen molar-refractivity contribution in [2.24, 2.45) is 0 Å². The molecule has 0 bridgehead atoms. The minimum atomic E-state index is 0.875. The lowest BCUT2D eigenvalue weighted by Crippen LogP contribution is -1.86. The number of pyridine rings is 1. The second-order valence-corrected chi connectivity index (χ2v) is 16.1. The lowest BCUT2D eigenvalue weighted by Gasteiger charge is -2.10. The van der Waals surface area contributed by atoms with Crippen LogP contribution < -0.4 is 0 Å². The van der Waals surface area contributed by atoms with Gasteiger partial charge in [-0.1, -0.05) is 152 Å². The summed E-state index contributed by atoms with van der Waals surface area (Å²) < 4.78 is 9.39. The molecule has 0 aliphatic heterocycles. The first-order valence-corrected chi connectivity index (χ1v) is 20.5. The number of thiophene rings is 1. The van der Waals surface area contributed by atoms with Crippen molar-refractivity contribution in [1.29, 1.82) is 0 Å². The maximum absolute atomic E-state index is 6.82. The number of hydrogen-bond donors (Lipinski definition) is 0. The molecule has 3 heterocycles. The van der Waals surface area contributed by atoms with Gasteiger partial charge in [-0.3, -0.25) is 4.98 Å². The monoisotopic (exact) mass is 755 g/mol. The summed E-state index contributed by atoms with van der Waals surface area (Å²) in [4.78, 5) is 4.85. The molecule has 0 spiro atoms. The van der Waals surface area contributed by atoms with Gasteiger partial charge in [0.2, 0.25) is 0 Å². The Labute approximate surface area is 338 Å².